The summed E-state index contributed by atoms with van der Waals surface area (Å²) in [6.45, 7) is 2.23. The number of guanidine groups is 1. The van der Waals surface area contributed by atoms with Crippen molar-refractivity contribution in [2.75, 3.05) is 43.9 Å². The first kappa shape index (κ1) is 24.8. The quantitative estimate of drug-likeness (QED) is 0.380. The molecular weight excluding hydrogens is 465 g/mol. The fourth-order valence-corrected chi connectivity index (χ4v) is 3.45. The van der Waals surface area contributed by atoms with Crippen molar-refractivity contribution in [2.24, 2.45) is 4.99 Å². The Bertz CT molecular complexity index is 988. The number of nitrogens with one attached hydrogen (secondary N) is 4. The summed E-state index contributed by atoms with van der Waals surface area (Å²) in [6, 6.07) is 10.2. The second-order valence-electron chi connectivity index (χ2n) is 7.45. The minimum Gasteiger partial charge on any atom is -0.385 e. The first-order valence-electron chi connectivity index (χ1n) is 10.6. The van der Waals surface area contributed by atoms with Crippen LogP contribution in [-0.4, -0.2) is 66.9 Å². The summed E-state index contributed by atoms with van der Waals surface area (Å²) in [7, 11) is 1.63. The number of rotatable bonds is 10. The lowest BCUT2D eigenvalue weighted by Gasteiger charge is -2.29. The molecule has 0 saturated carbocycles. The van der Waals surface area contributed by atoms with Crippen molar-refractivity contribution in [3.05, 3.63) is 52.6 Å². The van der Waals surface area contributed by atoms with Gasteiger partial charge in [-0.05, 0) is 43.3 Å². The minimum atomic E-state index is -0.637. The second-order valence-corrected chi connectivity index (χ2v) is 8.26. The third-order valence-electron chi connectivity index (χ3n) is 5.03. The van der Waals surface area contributed by atoms with Crippen LogP contribution in [0.25, 0.3) is 0 Å². The van der Waals surface area contributed by atoms with Crippen LogP contribution >= 0.6 is 23.2 Å². The average molecular weight is 492 g/mol. The topological polar surface area (TPSA) is 111 Å². The van der Waals surface area contributed by atoms with Crippen LogP contribution in [0.2, 0.25) is 10.0 Å². The SMILES string of the molecule is CN(C(=O)CCNCCCNc1ccc(Cl)c(Cl)c1)C1CN=C(Nc2ccccn2)NC1=O. The number of halogens is 2. The Kier molecular flexibility index (Phi) is 9.29. The van der Waals surface area contributed by atoms with Crippen molar-refractivity contribution in [3.8, 4) is 0 Å². The van der Waals surface area contributed by atoms with E-state index < -0.39 is 6.04 Å². The van der Waals surface area contributed by atoms with Crippen LogP contribution in [0.5, 0.6) is 0 Å². The first-order valence-corrected chi connectivity index (χ1v) is 11.4. The molecule has 3 rings (SSSR count). The summed E-state index contributed by atoms with van der Waals surface area (Å²) in [5.41, 5.74) is 0.910. The molecule has 1 atom stereocenters. The van der Waals surface area contributed by atoms with Gasteiger partial charge in [-0.25, -0.2) is 9.98 Å². The van der Waals surface area contributed by atoms with Gasteiger partial charge in [0.25, 0.3) is 5.91 Å². The lowest BCUT2D eigenvalue weighted by atomic mass is 10.2. The smallest absolute Gasteiger partial charge is 0.251 e. The van der Waals surface area contributed by atoms with Gasteiger partial charge in [-0.15, -0.1) is 0 Å². The van der Waals surface area contributed by atoms with Crippen molar-refractivity contribution < 1.29 is 9.59 Å². The van der Waals surface area contributed by atoms with Crippen LogP contribution in [-0.2, 0) is 9.59 Å². The molecule has 0 aliphatic carbocycles. The van der Waals surface area contributed by atoms with E-state index in [-0.39, 0.29) is 18.4 Å². The van der Waals surface area contributed by atoms with Crippen molar-refractivity contribution >= 4 is 52.5 Å². The van der Waals surface area contributed by atoms with Crippen molar-refractivity contribution in [1.82, 2.24) is 20.5 Å². The lowest BCUT2D eigenvalue weighted by Crippen LogP contribution is -2.55. The summed E-state index contributed by atoms with van der Waals surface area (Å²) < 4.78 is 0. The Balaban J connectivity index is 1.32. The average Bonchev–Trinajstić information content (AvgIpc) is 2.81. The van der Waals surface area contributed by atoms with Gasteiger partial charge in [0.05, 0.1) is 16.6 Å². The van der Waals surface area contributed by atoms with E-state index in [0.29, 0.717) is 34.8 Å². The highest BCUT2D eigenvalue weighted by Crippen LogP contribution is 2.24. The molecule has 1 aliphatic heterocycles. The van der Waals surface area contributed by atoms with Crippen LogP contribution in [0.1, 0.15) is 12.8 Å². The maximum Gasteiger partial charge on any atom is 0.251 e. The number of carbonyl (C=O) groups is 2. The van der Waals surface area contributed by atoms with E-state index in [1.165, 1.54) is 4.90 Å². The molecule has 0 fully saturated rings. The fourth-order valence-electron chi connectivity index (χ4n) is 3.15. The van der Waals surface area contributed by atoms with Gasteiger partial charge in [0.2, 0.25) is 11.9 Å². The standard InChI is InChI=1S/C22H27Cl2N7O2/c1-31(18-14-28-22(30-21(18)33)29-19-5-2-3-10-27-19)20(32)8-12-25-9-4-11-26-15-6-7-16(23)17(24)13-15/h2-3,5-7,10,13,18,25-26H,4,8-9,11-12,14H2,1H3,(H2,27,28,29,30,33). The second kappa shape index (κ2) is 12.4. The van der Waals surface area contributed by atoms with Crippen LogP contribution < -0.4 is 21.3 Å². The Morgan fingerprint density at radius 3 is 2.76 bits per heavy atom. The van der Waals surface area contributed by atoms with Gasteiger partial charge in [-0.2, -0.15) is 0 Å². The molecule has 2 heterocycles. The molecule has 0 spiro atoms. The molecule has 2 aromatic rings. The predicted molar refractivity (Wildman–Crippen MR) is 132 cm³/mol. The third-order valence-corrected chi connectivity index (χ3v) is 5.77. The van der Waals surface area contributed by atoms with Crippen LogP contribution in [0.3, 0.4) is 0 Å². The van der Waals surface area contributed by atoms with E-state index in [2.05, 4.69) is 31.2 Å². The number of pyridine rings is 1. The summed E-state index contributed by atoms with van der Waals surface area (Å²) in [5, 5.41) is 13.2. The molecule has 2 amide bonds. The molecule has 1 aromatic carbocycles. The number of amides is 2. The largest absolute Gasteiger partial charge is 0.385 e. The van der Waals surface area contributed by atoms with Crippen LogP contribution in [0.15, 0.2) is 47.6 Å². The highest BCUT2D eigenvalue weighted by molar-refractivity contribution is 6.42. The number of aliphatic imine (C=N–C) groups is 1. The van der Waals surface area contributed by atoms with Gasteiger partial charge >= 0.3 is 0 Å². The van der Waals surface area contributed by atoms with Gasteiger partial charge in [0.1, 0.15) is 11.9 Å². The number of nitrogens with zero attached hydrogens (tertiary/aromatic N) is 3. The molecule has 1 unspecified atom stereocenters. The molecule has 0 saturated heterocycles. The molecule has 4 N–H and O–H groups in total. The third kappa shape index (κ3) is 7.59. The summed E-state index contributed by atoms with van der Waals surface area (Å²) in [6.07, 6.45) is 2.81. The zero-order valence-corrected chi connectivity index (χ0v) is 19.8. The highest BCUT2D eigenvalue weighted by Gasteiger charge is 2.30. The Morgan fingerprint density at radius 1 is 1.18 bits per heavy atom. The van der Waals surface area contributed by atoms with Crippen molar-refractivity contribution in [3.63, 3.8) is 0 Å². The molecule has 9 nitrogen and oxygen atoms in total. The Labute approximate surface area is 203 Å². The maximum atomic E-state index is 12.5. The lowest BCUT2D eigenvalue weighted by molar-refractivity contribution is -0.138. The summed E-state index contributed by atoms with van der Waals surface area (Å²) >= 11 is 11.9. The molecule has 0 radical (unpaired) electrons. The number of benzene rings is 1. The molecule has 11 heteroatoms. The number of anilines is 2. The number of carbonyl (C=O) groups excluding carboxylic acids is 2. The fraction of sp³-hybridized carbons (Fsp3) is 0.364. The molecule has 0 bridgehead atoms. The first-order chi connectivity index (χ1) is 15.9. The predicted octanol–water partition coefficient (Wildman–Crippen LogP) is 2.59. The van der Waals surface area contributed by atoms with E-state index in [1.807, 2.05) is 12.1 Å². The molecular formula is C22H27Cl2N7O2. The van der Waals surface area contributed by atoms with E-state index in [1.54, 1.807) is 37.5 Å². The maximum absolute atomic E-state index is 12.5. The van der Waals surface area contributed by atoms with E-state index in [4.69, 9.17) is 23.2 Å². The van der Waals surface area contributed by atoms with Gasteiger partial charge in [-0.3, -0.25) is 14.9 Å². The normalized spacial score (nSPS) is 15.4. The van der Waals surface area contributed by atoms with Gasteiger partial charge in [-0.1, -0.05) is 29.3 Å². The molecule has 1 aliphatic rings. The molecule has 33 heavy (non-hydrogen) atoms. The van der Waals surface area contributed by atoms with Gasteiger partial charge < -0.3 is 20.9 Å². The summed E-state index contributed by atoms with van der Waals surface area (Å²) in [5.74, 6) is 0.512. The van der Waals surface area contributed by atoms with Crippen LogP contribution in [0.4, 0.5) is 11.5 Å². The highest BCUT2D eigenvalue weighted by atomic mass is 35.5. The Morgan fingerprint density at radius 2 is 2.03 bits per heavy atom. The number of aromatic nitrogens is 1. The van der Waals surface area contributed by atoms with Crippen molar-refractivity contribution in [1.29, 1.82) is 0 Å². The molecule has 176 valence electrons. The summed E-state index contributed by atoms with van der Waals surface area (Å²) in [4.78, 5) is 34.9. The number of hydrogen-bond donors (Lipinski definition) is 4. The zero-order chi connectivity index (χ0) is 23.6. The van der Waals surface area contributed by atoms with Crippen molar-refractivity contribution in [2.45, 2.75) is 18.9 Å². The van der Waals surface area contributed by atoms with Gasteiger partial charge in [0.15, 0.2) is 0 Å². The number of likely N-dealkylation sites (N-methyl/N-ethyl adjacent to an activating group) is 1. The van der Waals surface area contributed by atoms with E-state index in [0.717, 1.165) is 25.2 Å². The van der Waals surface area contributed by atoms with E-state index in [9.17, 15) is 9.59 Å². The number of hydrogen-bond acceptors (Lipinski definition) is 7. The van der Waals surface area contributed by atoms with E-state index >= 15 is 0 Å². The van der Waals surface area contributed by atoms with Crippen LogP contribution in [0, 0.1) is 0 Å². The van der Waals surface area contributed by atoms with Gasteiger partial charge in [0, 0.05) is 38.4 Å². The minimum absolute atomic E-state index is 0.118. The Hall–Kier alpha value is -2.88. The monoisotopic (exact) mass is 491 g/mol. The molecule has 1 aromatic heterocycles. The zero-order valence-electron chi connectivity index (χ0n) is 18.3.